The van der Waals surface area contributed by atoms with Gasteiger partial charge < -0.3 is 9.16 Å². The molecule has 2 nitrogen and oxygen atoms in total. The Morgan fingerprint density at radius 2 is 1.58 bits per heavy atom. The maximum Gasteiger partial charge on any atom is 0.192 e. The van der Waals surface area contributed by atoms with E-state index in [9.17, 15) is 0 Å². The van der Waals surface area contributed by atoms with Gasteiger partial charge in [0.05, 0.1) is 12.2 Å². The van der Waals surface area contributed by atoms with Crippen molar-refractivity contribution in [1.82, 2.24) is 0 Å². The van der Waals surface area contributed by atoms with Gasteiger partial charge in [0.2, 0.25) is 0 Å². The van der Waals surface area contributed by atoms with Crippen LogP contribution in [0.5, 0.6) is 0 Å². The van der Waals surface area contributed by atoms with Crippen molar-refractivity contribution in [3.8, 4) is 0 Å². The van der Waals surface area contributed by atoms with Crippen LogP contribution in [0.15, 0.2) is 0 Å². The van der Waals surface area contributed by atoms with Gasteiger partial charge in [-0.15, -0.1) is 0 Å². The van der Waals surface area contributed by atoms with E-state index in [1.54, 1.807) is 0 Å². The van der Waals surface area contributed by atoms with Crippen molar-refractivity contribution in [2.24, 2.45) is 11.3 Å². The highest BCUT2D eigenvalue weighted by Crippen LogP contribution is 2.49. The molecule has 0 amide bonds. The molecule has 0 N–H and O–H groups in total. The Bertz CT molecular complexity index is 338. The van der Waals surface area contributed by atoms with Gasteiger partial charge in [-0.2, -0.15) is 0 Å². The van der Waals surface area contributed by atoms with Gasteiger partial charge in [0.15, 0.2) is 8.32 Å². The van der Waals surface area contributed by atoms with Gasteiger partial charge in [-0.3, -0.25) is 0 Å². The molecule has 19 heavy (non-hydrogen) atoms. The van der Waals surface area contributed by atoms with Crippen LogP contribution in [0.25, 0.3) is 0 Å². The third kappa shape index (κ3) is 3.25. The molecule has 112 valence electrons. The summed E-state index contributed by atoms with van der Waals surface area (Å²) in [5.41, 5.74) is 0.367. The first-order chi connectivity index (χ1) is 8.42. The van der Waals surface area contributed by atoms with Gasteiger partial charge >= 0.3 is 0 Å². The Kier molecular flexibility index (Phi) is 3.73. The first kappa shape index (κ1) is 15.5. The topological polar surface area (TPSA) is 21.8 Å². The standard InChI is InChI=1S/C16H32O2Si/c1-15(2,3)11-9-12-14(17-12)13(10-11)18-19(7,8)16(4,5)6/h11-14H,9-10H2,1-8H3/t11-,12+,13+,14+/m0/s1. The molecular formula is C16H32O2Si. The molecule has 0 aromatic heterocycles. The highest BCUT2D eigenvalue weighted by Gasteiger charge is 2.55. The fraction of sp³-hybridized carbons (Fsp3) is 1.00. The van der Waals surface area contributed by atoms with Crippen LogP contribution in [0.1, 0.15) is 54.4 Å². The van der Waals surface area contributed by atoms with Crippen molar-refractivity contribution in [2.45, 2.75) is 90.8 Å². The summed E-state index contributed by atoms with van der Waals surface area (Å²) in [5, 5.41) is 0.284. The molecule has 1 aliphatic heterocycles. The third-order valence-corrected chi connectivity index (χ3v) is 10.0. The lowest BCUT2D eigenvalue weighted by Crippen LogP contribution is -2.48. The third-order valence-electron chi connectivity index (χ3n) is 5.50. The number of ether oxygens (including phenoxy) is 1. The van der Waals surface area contributed by atoms with Crippen LogP contribution in [0, 0.1) is 11.3 Å². The first-order valence-corrected chi connectivity index (χ1v) is 10.7. The summed E-state index contributed by atoms with van der Waals surface area (Å²) in [6, 6.07) is 0. The van der Waals surface area contributed by atoms with Gasteiger partial charge in [-0.1, -0.05) is 41.5 Å². The summed E-state index contributed by atoms with van der Waals surface area (Å²) in [4.78, 5) is 0. The molecule has 1 heterocycles. The predicted octanol–water partition coefficient (Wildman–Crippen LogP) is 4.60. The largest absolute Gasteiger partial charge is 0.411 e. The van der Waals surface area contributed by atoms with Crippen molar-refractivity contribution in [2.75, 3.05) is 0 Å². The first-order valence-electron chi connectivity index (χ1n) is 7.75. The van der Waals surface area contributed by atoms with Gasteiger partial charge in [-0.25, -0.2) is 0 Å². The van der Waals surface area contributed by atoms with Gasteiger partial charge in [-0.05, 0) is 42.3 Å². The molecule has 0 unspecified atom stereocenters. The van der Waals surface area contributed by atoms with Crippen molar-refractivity contribution < 1.29 is 9.16 Å². The summed E-state index contributed by atoms with van der Waals surface area (Å²) in [7, 11) is -1.68. The lowest BCUT2D eigenvalue weighted by atomic mass is 9.72. The fourth-order valence-corrected chi connectivity index (χ4v) is 4.18. The second kappa shape index (κ2) is 4.57. The van der Waals surface area contributed by atoms with Crippen LogP contribution < -0.4 is 0 Å². The molecule has 0 radical (unpaired) electrons. The molecule has 1 saturated carbocycles. The summed E-state index contributed by atoms with van der Waals surface area (Å²) >= 11 is 0. The summed E-state index contributed by atoms with van der Waals surface area (Å²) in [6.45, 7) is 18.7. The van der Waals surface area contributed by atoms with Crippen LogP contribution in [0.3, 0.4) is 0 Å². The zero-order valence-electron chi connectivity index (χ0n) is 14.0. The van der Waals surface area contributed by atoms with Crippen LogP contribution >= 0.6 is 0 Å². The molecule has 3 heteroatoms. The minimum absolute atomic E-state index is 0.284. The SMILES string of the molecule is CC(C)(C)[C@H]1C[C@H]2O[C@H]2[C@H](O[Si](C)(C)C(C)(C)C)C1. The maximum absolute atomic E-state index is 6.64. The van der Waals surface area contributed by atoms with Crippen LogP contribution in [-0.2, 0) is 9.16 Å². The smallest absolute Gasteiger partial charge is 0.192 e. The summed E-state index contributed by atoms with van der Waals surface area (Å²) in [6.07, 6.45) is 3.62. The number of epoxide rings is 1. The molecule has 2 aliphatic rings. The molecule has 0 spiro atoms. The summed E-state index contributed by atoms with van der Waals surface area (Å²) < 4.78 is 12.5. The Labute approximate surface area is 120 Å². The van der Waals surface area contributed by atoms with E-state index in [0.717, 1.165) is 5.92 Å². The molecule has 2 rings (SSSR count). The Balaban J connectivity index is 2.05. The Morgan fingerprint density at radius 1 is 1.00 bits per heavy atom. The van der Waals surface area contributed by atoms with Gasteiger partial charge in [0.25, 0.3) is 0 Å². The molecular weight excluding hydrogens is 252 g/mol. The van der Waals surface area contributed by atoms with E-state index in [1.165, 1.54) is 12.8 Å². The van der Waals surface area contributed by atoms with E-state index in [0.29, 0.717) is 23.7 Å². The van der Waals surface area contributed by atoms with E-state index in [2.05, 4.69) is 54.6 Å². The minimum atomic E-state index is -1.68. The summed E-state index contributed by atoms with van der Waals surface area (Å²) in [5.74, 6) is 0.728. The lowest BCUT2D eigenvalue weighted by molar-refractivity contribution is 0.0780. The Morgan fingerprint density at radius 3 is 2.05 bits per heavy atom. The normalized spacial score (nSPS) is 36.0. The van der Waals surface area contributed by atoms with Gasteiger partial charge in [0.1, 0.15) is 6.10 Å². The van der Waals surface area contributed by atoms with E-state index in [-0.39, 0.29) is 5.04 Å². The van der Waals surface area contributed by atoms with E-state index in [4.69, 9.17) is 9.16 Å². The van der Waals surface area contributed by atoms with Crippen molar-refractivity contribution in [1.29, 1.82) is 0 Å². The average molecular weight is 285 g/mol. The predicted molar refractivity (Wildman–Crippen MR) is 82.9 cm³/mol. The number of rotatable bonds is 2. The van der Waals surface area contributed by atoms with Gasteiger partial charge in [0, 0.05) is 0 Å². The van der Waals surface area contributed by atoms with Crippen molar-refractivity contribution in [3.05, 3.63) is 0 Å². The second-order valence-corrected chi connectivity index (χ2v) is 13.8. The molecule has 0 bridgehead atoms. The van der Waals surface area contributed by atoms with Crippen LogP contribution in [-0.4, -0.2) is 26.6 Å². The highest BCUT2D eigenvalue weighted by atomic mass is 28.4. The number of fused-ring (bicyclic) bond motifs is 1. The van der Waals surface area contributed by atoms with E-state index < -0.39 is 8.32 Å². The Hall–Kier alpha value is 0.137. The average Bonchev–Trinajstić information content (AvgIpc) is 2.92. The van der Waals surface area contributed by atoms with Crippen molar-refractivity contribution in [3.63, 3.8) is 0 Å². The zero-order chi connectivity index (χ0) is 14.6. The molecule has 4 atom stereocenters. The fourth-order valence-electron chi connectivity index (χ4n) is 2.84. The van der Waals surface area contributed by atoms with Crippen LogP contribution in [0.2, 0.25) is 18.1 Å². The van der Waals surface area contributed by atoms with Crippen LogP contribution in [0.4, 0.5) is 0 Å². The molecule has 1 saturated heterocycles. The maximum atomic E-state index is 6.64. The highest BCUT2D eigenvalue weighted by molar-refractivity contribution is 6.74. The molecule has 2 fully saturated rings. The lowest BCUT2D eigenvalue weighted by Gasteiger charge is -2.42. The number of hydrogen-bond acceptors (Lipinski definition) is 2. The van der Waals surface area contributed by atoms with E-state index in [1.807, 2.05) is 0 Å². The molecule has 0 aromatic rings. The monoisotopic (exact) mass is 284 g/mol. The quantitative estimate of drug-likeness (QED) is 0.546. The zero-order valence-corrected chi connectivity index (χ0v) is 15.0. The minimum Gasteiger partial charge on any atom is -0.411 e. The van der Waals surface area contributed by atoms with E-state index >= 15 is 0 Å². The van der Waals surface area contributed by atoms with Crippen molar-refractivity contribution >= 4 is 8.32 Å². The number of hydrogen-bond donors (Lipinski definition) is 0. The molecule has 1 aliphatic carbocycles. The second-order valence-electron chi connectivity index (χ2n) is 9.09. The molecule has 0 aromatic carbocycles.